The summed E-state index contributed by atoms with van der Waals surface area (Å²) in [5, 5.41) is 15.1. The molecule has 1 saturated heterocycles. The number of esters is 1. The van der Waals surface area contributed by atoms with E-state index in [1.54, 1.807) is 12.1 Å². The fourth-order valence-corrected chi connectivity index (χ4v) is 4.89. The van der Waals surface area contributed by atoms with Gasteiger partial charge in [0.15, 0.2) is 0 Å². The number of nitrogens with zero attached hydrogens (tertiary/aromatic N) is 2. The highest BCUT2D eigenvalue weighted by Crippen LogP contribution is 2.40. The monoisotopic (exact) mass is 484 g/mol. The lowest BCUT2D eigenvalue weighted by Crippen LogP contribution is -2.31. The van der Waals surface area contributed by atoms with Gasteiger partial charge in [-0.1, -0.05) is 62.4 Å². The van der Waals surface area contributed by atoms with Gasteiger partial charge in [0.2, 0.25) is 0 Å². The van der Waals surface area contributed by atoms with E-state index in [1.165, 1.54) is 12.1 Å². The van der Waals surface area contributed by atoms with Crippen molar-refractivity contribution >= 4 is 17.6 Å². The van der Waals surface area contributed by atoms with Crippen molar-refractivity contribution in [3.8, 4) is 22.3 Å². The molecule has 184 valence electrons. The summed E-state index contributed by atoms with van der Waals surface area (Å²) in [6, 6.07) is 18.8. The molecule has 0 amide bonds. The number of carbonyl (C=O) groups excluding carboxylic acids is 1. The Morgan fingerprint density at radius 1 is 1.11 bits per heavy atom. The van der Waals surface area contributed by atoms with Crippen molar-refractivity contribution in [3.05, 3.63) is 89.5 Å². The van der Waals surface area contributed by atoms with Crippen LogP contribution in [-0.2, 0) is 9.53 Å². The zero-order valence-corrected chi connectivity index (χ0v) is 20.6. The van der Waals surface area contributed by atoms with Crippen LogP contribution in [0.3, 0.4) is 0 Å². The van der Waals surface area contributed by atoms with Gasteiger partial charge in [-0.3, -0.25) is 4.79 Å². The molecule has 2 aromatic heterocycles. The molecule has 0 spiro atoms. The first kappa shape index (κ1) is 23.9. The summed E-state index contributed by atoms with van der Waals surface area (Å²) >= 11 is 0. The number of carbonyl (C=O) groups is 1. The lowest BCUT2D eigenvalue weighted by atomic mass is 9.91. The lowest BCUT2D eigenvalue weighted by Gasteiger charge is -2.24. The first-order valence-electron chi connectivity index (χ1n) is 12.2. The molecule has 4 aromatic rings. The number of cyclic esters (lactones) is 1. The van der Waals surface area contributed by atoms with Crippen LogP contribution in [0.25, 0.3) is 33.8 Å². The Bertz CT molecular complexity index is 1440. The Morgan fingerprint density at radius 3 is 2.50 bits per heavy atom. The number of aliphatic hydroxyl groups is 1. The van der Waals surface area contributed by atoms with E-state index >= 15 is 0 Å². The Hall–Kier alpha value is -3.77. The van der Waals surface area contributed by atoms with E-state index in [-0.39, 0.29) is 18.2 Å². The van der Waals surface area contributed by atoms with Crippen molar-refractivity contribution in [2.45, 2.75) is 51.7 Å². The van der Waals surface area contributed by atoms with Gasteiger partial charge < -0.3 is 9.84 Å². The highest BCUT2D eigenvalue weighted by molar-refractivity contribution is 5.98. The van der Waals surface area contributed by atoms with E-state index < -0.39 is 18.2 Å². The zero-order chi connectivity index (χ0) is 25.4. The number of rotatable bonds is 5. The van der Waals surface area contributed by atoms with Gasteiger partial charge in [0.25, 0.3) is 0 Å². The average molecular weight is 485 g/mol. The van der Waals surface area contributed by atoms with Crippen LogP contribution < -0.4 is 0 Å². The van der Waals surface area contributed by atoms with Crippen LogP contribution in [0, 0.1) is 12.7 Å². The fraction of sp³-hybridized carbons (Fsp3) is 0.267. The third-order valence-electron chi connectivity index (χ3n) is 6.58. The van der Waals surface area contributed by atoms with Crippen molar-refractivity contribution in [1.82, 2.24) is 9.61 Å². The summed E-state index contributed by atoms with van der Waals surface area (Å²) in [5.74, 6) is -0.619. The minimum absolute atomic E-state index is 0.0137. The number of ether oxygens (including phenoxy) is 1. The molecule has 1 N–H and O–H groups in total. The van der Waals surface area contributed by atoms with Crippen LogP contribution in [0.5, 0.6) is 0 Å². The third-order valence-corrected chi connectivity index (χ3v) is 6.58. The maximum Gasteiger partial charge on any atom is 0.309 e. The largest absolute Gasteiger partial charge is 0.458 e. The van der Waals surface area contributed by atoms with Crippen LogP contribution in [0.4, 0.5) is 4.39 Å². The number of aromatic nitrogens is 2. The molecule has 1 fully saturated rings. The molecule has 6 heteroatoms. The predicted molar refractivity (Wildman–Crippen MR) is 139 cm³/mol. The van der Waals surface area contributed by atoms with E-state index in [9.17, 15) is 14.3 Å². The second-order valence-electron chi connectivity index (χ2n) is 9.64. The van der Waals surface area contributed by atoms with Gasteiger partial charge in [-0.15, -0.1) is 0 Å². The Balaban J connectivity index is 1.81. The van der Waals surface area contributed by atoms with Crippen LogP contribution in [0.1, 0.15) is 49.6 Å². The molecular weight excluding hydrogens is 455 g/mol. The van der Waals surface area contributed by atoms with E-state index in [0.717, 1.165) is 44.7 Å². The molecule has 2 atom stereocenters. The minimum Gasteiger partial charge on any atom is -0.458 e. The first-order valence-corrected chi connectivity index (χ1v) is 12.2. The van der Waals surface area contributed by atoms with Gasteiger partial charge in [0.1, 0.15) is 11.9 Å². The van der Waals surface area contributed by atoms with Gasteiger partial charge in [-0.2, -0.15) is 5.10 Å². The fourth-order valence-electron chi connectivity index (χ4n) is 4.89. The van der Waals surface area contributed by atoms with Crippen LogP contribution >= 0.6 is 0 Å². The van der Waals surface area contributed by atoms with Crippen LogP contribution in [0.2, 0.25) is 0 Å². The third kappa shape index (κ3) is 4.56. The number of fused-ring (bicyclic) bond motifs is 1. The van der Waals surface area contributed by atoms with E-state index in [1.807, 2.05) is 41.8 Å². The molecule has 3 heterocycles. The number of hydrogen-bond acceptors (Lipinski definition) is 4. The Kier molecular flexibility index (Phi) is 6.46. The molecule has 36 heavy (non-hydrogen) atoms. The molecule has 0 aliphatic carbocycles. The number of aryl methyl sites for hydroxylation is 1. The van der Waals surface area contributed by atoms with Crippen molar-refractivity contribution < 1.29 is 19.0 Å². The number of halogens is 1. The highest BCUT2D eigenvalue weighted by Gasteiger charge is 2.26. The normalized spacial score (nSPS) is 18.3. The molecule has 0 bridgehead atoms. The summed E-state index contributed by atoms with van der Waals surface area (Å²) in [6.07, 6.45) is 2.88. The Morgan fingerprint density at radius 2 is 1.83 bits per heavy atom. The summed E-state index contributed by atoms with van der Waals surface area (Å²) < 4.78 is 21.4. The highest BCUT2D eigenvalue weighted by atomic mass is 19.1. The van der Waals surface area contributed by atoms with E-state index in [2.05, 4.69) is 32.0 Å². The van der Waals surface area contributed by atoms with Crippen molar-refractivity contribution in [2.24, 2.45) is 0 Å². The van der Waals surface area contributed by atoms with Gasteiger partial charge >= 0.3 is 5.97 Å². The van der Waals surface area contributed by atoms with Crippen molar-refractivity contribution in [2.75, 3.05) is 0 Å². The Labute approximate surface area is 209 Å². The lowest BCUT2D eigenvalue weighted by molar-refractivity contribution is -0.156. The maximum absolute atomic E-state index is 13.9. The number of benzene rings is 2. The second-order valence-corrected chi connectivity index (χ2v) is 9.64. The predicted octanol–water partition coefficient (Wildman–Crippen LogP) is 6.32. The first-order chi connectivity index (χ1) is 17.3. The summed E-state index contributed by atoms with van der Waals surface area (Å²) in [5.41, 5.74) is 7.56. The summed E-state index contributed by atoms with van der Waals surface area (Å²) in [7, 11) is 0. The number of aliphatic hydroxyl groups excluding tert-OH is 1. The summed E-state index contributed by atoms with van der Waals surface area (Å²) in [6.45, 7) is 6.20. The van der Waals surface area contributed by atoms with Crippen molar-refractivity contribution in [1.29, 1.82) is 0 Å². The van der Waals surface area contributed by atoms with Crippen LogP contribution in [0.15, 0.2) is 66.7 Å². The molecule has 0 saturated carbocycles. The van der Waals surface area contributed by atoms with E-state index in [0.29, 0.717) is 6.42 Å². The molecule has 5 rings (SSSR count). The van der Waals surface area contributed by atoms with Crippen LogP contribution in [-0.4, -0.2) is 32.9 Å². The smallest absolute Gasteiger partial charge is 0.309 e. The topological polar surface area (TPSA) is 63.8 Å². The summed E-state index contributed by atoms with van der Waals surface area (Å²) in [4.78, 5) is 11.9. The zero-order valence-electron chi connectivity index (χ0n) is 20.6. The van der Waals surface area contributed by atoms with Gasteiger partial charge in [-0.05, 0) is 48.2 Å². The van der Waals surface area contributed by atoms with Gasteiger partial charge in [-0.25, -0.2) is 8.91 Å². The molecular formula is C30H29FN2O3. The molecule has 2 aromatic carbocycles. The standard InChI is InChI=1S/C30H29FN2O3/c1-18(2)29-25(14-13-24-16-23(34)17-27(35)36-24)28(21-9-11-22(31)12-10-21)30-26(15-19(3)33(30)32-29)20-7-5-4-6-8-20/h4-15,18,23-24,34H,16-17H2,1-3H3/b14-13+. The van der Waals surface area contributed by atoms with Gasteiger partial charge in [0.05, 0.1) is 23.7 Å². The molecule has 1 aliphatic heterocycles. The SMILES string of the molecule is Cc1cc(-c2ccccc2)c2c(-c3ccc(F)cc3)c(/C=C/C3CC(O)CC(=O)O3)c(C(C)C)nn12. The average Bonchev–Trinajstić information content (AvgIpc) is 3.18. The molecule has 0 radical (unpaired) electrons. The molecule has 2 unspecified atom stereocenters. The molecule has 5 nitrogen and oxygen atoms in total. The van der Waals surface area contributed by atoms with Crippen molar-refractivity contribution in [3.63, 3.8) is 0 Å². The second kappa shape index (κ2) is 9.70. The van der Waals surface area contributed by atoms with E-state index in [4.69, 9.17) is 9.84 Å². The minimum atomic E-state index is -0.722. The quantitative estimate of drug-likeness (QED) is 0.337. The molecule has 1 aliphatic rings. The van der Waals surface area contributed by atoms with Gasteiger partial charge in [0, 0.05) is 28.8 Å². The number of hydrogen-bond donors (Lipinski definition) is 1. The maximum atomic E-state index is 13.9.